The Balaban J connectivity index is 1.39. The number of fused-ring (bicyclic) bond motifs is 3. The van der Waals surface area contributed by atoms with Gasteiger partial charge in [-0.3, -0.25) is 0 Å². The molecule has 0 aliphatic carbocycles. The van der Waals surface area contributed by atoms with E-state index in [-0.39, 0.29) is 29.7 Å². The number of para-hydroxylation sites is 1. The number of hydrogen-bond acceptors (Lipinski definition) is 1. The van der Waals surface area contributed by atoms with Gasteiger partial charge in [0.2, 0.25) is 0 Å². The normalized spacial score (nSPS) is 13.6. The average molecular weight is 526 g/mol. The molecule has 0 bridgehead atoms. The zero-order chi connectivity index (χ0) is 31.3. The van der Waals surface area contributed by atoms with Crippen LogP contribution in [-0.2, 0) is 0 Å². The molecule has 0 unspecified atom stereocenters. The SMILES string of the molecule is [2H]c1c([2H])c([2H])c(-c2ccc3ccc4c(-c5cc(-c6ccccc6)cc6oc7ccccc7c56)ccc5ccc2c3c54)c([2H])c1[2H]. The molecule has 0 amide bonds. The van der Waals surface area contributed by atoms with Crippen LogP contribution in [-0.4, -0.2) is 0 Å². The summed E-state index contributed by atoms with van der Waals surface area (Å²) in [5, 5.41) is 8.22. The molecular weight excluding hydrogens is 496 g/mol. The summed E-state index contributed by atoms with van der Waals surface area (Å²) in [5.41, 5.74) is 6.82. The van der Waals surface area contributed by atoms with Crippen LogP contribution in [0.2, 0.25) is 0 Å². The van der Waals surface area contributed by atoms with Crippen LogP contribution in [0.3, 0.4) is 0 Å². The summed E-state index contributed by atoms with van der Waals surface area (Å²) in [5.74, 6) is 0. The van der Waals surface area contributed by atoms with E-state index in [1.807, 2.05) is 54.6 Å². The lowest BCUT2D eigenvalue weighted by Gasteiger charge is -2.17. The van der Waals surface area contributed by atoms with Gasteiger partial charge in [-0.25, -0.2) is 0 Å². The molecule has 0 aliphatic heterocycles. The van der Waals surface area contributed by atoms with E-state index in [1.165, 1.54) is 0 Å². The van der Waals surface area contributed by atoms with Crippen molar-refractivity contribution in [1.82, 2.24) is 0 Å². The van der Waals surface area contributed by atoms with E-state index in [2.05, 4.69) is 60.7 Å². The minimum absolute atomic E-state index is 0.200. The zero-order valence-corrected chi connectivity index (χ0v) is 21.9. The maximum Gasteiger partial charge on any atom is 0.136 e. The first-order valence-corrected chi connectivity index (χ1v) is 13.7. The van der Waals surface area contributed by atoms with E-state index in [0.717, 1.165) is 76.5 Å². The van der Waals surface area contributed by atoms with Crippen LogP contribution in [0.4, 0.5) is 0 Å². The van der Waals surface area contributed by atoms with Gasteiger partial charge in [-0.2, -0.15) is 0 Å². The predicted molar refractivity (Wildman–Crippen MR) is 174 cm³/mol. The van der Waals surface area contributed by atoms with E-state index >= 15 is 0 Å². The van der Waals surface area contributed by atoms with E-state index in [1.54, 1.807) is 0 Å². The summed E-state index contributed by atoms with van der Waals surface area (Å²) in [6.07, 6.45) is 0. The van der Waals surface area contributed by atoms with E-state index in [4.69, 9.17) is 11.3 Å². The molecule has 0 atom stereocenters. The molecule has 1 heterocycles. The third-order valence-electron chi connectivity index (χ3n) is 8.31. The second-order valence-electron chi connectivity index (χ2n) is 10.5. The highest BCUT2D eigenvalue weighted by atomic mass is 16.3. The number of rotatable bonds is 3. The van der Waals surface area contributed by atoms with Crippen molar-refractivity contribution >= 4 is 54.3 Å². The Morgan fingerprint density at radius 3 is 1.85 bits per heavy atom. The molecule has 0 N–H and O–H groups in total. The van der Waals surface area contributed by atoms with Gasteiger partial charge in [-0.1, -0.05) is 127 Å². The second kappa shape index (κ2) is 8.55. The van der Waals surface area contributed by atoms with E-state index in [0.29, 0.717) is 5.56 Å². The Morgan fingerprint density at radius 1 is 0.415 bits per heavy atom. The monoisotopic (exact) mass is 525 g/mol. The lowest BCUT2D eigenvalue weighted by Crippen LogP contribution is -1.90. The van der Waals surface area contributed by atoms with Crippen LogP contribution in [0.25, 0.3) is 87.6 Å². The van der Waals surface area contributed by atoms with Crippen LogP contribution in [0.1, 0.15) is 6.85 Å². The Morgan fingerprint density at radius 2 is 1.07 bits per heavy atom. The lowest BCUT2D eigenvalue weighted by atomic mass is 9.86. The largest absolute Gasteiger partial charge is 0.456 e. The fraction of sp³-hybridized carbons (Fsp3) is 0. The second-order valence-corrected chi connectivity index (χ2v) is 10.5. The van der Waals surface area contributed by atoms with Crippen molar-refractivity contribution in [2.45, 2.75) is 0 Å². The summed E-state index contributed by atoms with van der Waals surface area (Å²) in [4.78, 5) is 0. The van der Waals surface area contributed by atoms with Crippen molar-refractivity contribution in [2.75, 3.05) is 0 Å². The highest BCUT2D eigenvalue weighted by Gasteiger charge is 2.19. The van der Waals surface area contributed by atoms with Crippen molar-refractivity contribution in [3.63, 3.8) is 0 Å². The molecule has 0 saturated carbocycles. The van der Waals surface area contributed by atoms with Crippen molar-refractivity contribution in [3.05, 3.63) is 145 Å². The zero-order valence-electron chi connectivity index (χ0n) is 26.9. The van der Waals surface area contributed by atoms with Crippen molar-refractivity contribution in [2.24, 2.45) is 0 Å². The van der Waals surface area contributed by atoms with Crippen molar-refractivity contribution in [1.29, 1.82) is 0 Å². The Hall–Kier alpha value is -5.40. The molecule has 9 aromatic rings. The fourth-order valence-electron chi connectivity index (χ4n) is 6.50. The first-order valence-electron chi connectivity index (χ1n) is 16.2. The van der Waals surface area contributed by atoms with E-state index < -0.39 is 6.04 Å². The van der Waals surface area contributed by atoms with Gasteiger partial charge >= 0.3 is 0 Å². The molecule has 190 valence electrons. The molecular formula is C40H24O. The molecule has 1 nitrogen and oxygen atoms in total. The van der Waals surface area contributed by atoms with Gasteiger partial charge in [-0.15, -0.1) is 0 Å². The molecule has 1 aromatic heterocycles. The third-order valence-corrected chi connectivity index (χ3v) is 8.31. The molecule has 9 rings (SSSR count). The standard InChI is InChI=1S/C40H24O/c1-3-9-25(10-4-1)29-23-35(40-34-13-7-8-14-36(34)41-37(40)24-29)31-20-16-28-17-21-32-30(26-11-5-2-6-12-26)19-15-27-18-22-33(31)39(28)38(27)32/h1-24H/i2D,5D,6D,11D,12D. The summed E-state index contributed by atoms with van der Waals surface area (Å²) in [6.45, 7) is 0. The Kier molecular flexibility index (Phi) is 3.76. The van der Waals surface area contributed by atoms with Crippen LogP contribution in [0.5, 0.6) is 0 Å². The van der Waals surface area contributed by atoms with Gasteiger partial charge < -0.3 is 4.42 Å². The number of furan rings is 1. The number of hydrogen-bond donors (Lipinski definition) is 0. The highest BCUT2D eigenvalue weighted by Crippen LogP contribution is 2.46. The van der Waals surface area contributed by atoms with Crippen LogP contribution in [0, 0.1) is 0 Å². The Bertz CT molecular complexity index is 2660. The average Bonchev–Trinajstić information content (AvgIpc) is 3.48. The molecule has 0 saturated heterocycles. The summed E-state index contributed by atoms with van der Waals surface area (Å²) in [7, 11) is 0. The smallest absolute Gasteiger partial charge is 0.136 e. The maximum absolute atomic E-state index is 8.69. The summed E-state index contributed by atoms with van der Waals surface area (Å²) in [6, 6.07) is 37.9. The molecule has 8 aromatic carbocycles. The minimum atomic E-state index is -0.392. The van der Waals surface area contributed by atoms with Gasteiger partial charge in [0.25, 0.3) is 0 Å². The van der Waals surface area contributed by atoms with Gasteiger partial charge in [0.1, 0.15) is 11.2 Å². The first kappa shape index (κ1) is 18.0. The van der Waals surface area contributed by atoms with Gasteiger partial charge in [0.05, 0.1) is 6.85 Å². The van der Waals surface area contributed by atoms with Gasteiger partial charge in [0, 0.05) is 10.8 Å². The lowest BCUT2D eigenvalue weighted by molar-refractivity contribution is 0.669. The van der Waals surface area contributed by atoms with Gasteiger partial charge in [0.15, 0.2) is 0 Å². The Labute approximate surface area is 244 Å². The predicted octanol–water partition coefficient (Wildman–Crippen LogP) is 11.5. The molecule has 41 heavy (non-hydrogen) atoms. The van der Waals surface area contributed by atoms with Crippen LogP contribution >= 0.6 is 0 Å². The molecule has 0 radical (unpaired) electrons. The van der Waals surface area contributed by atoms with Gasteiger partial charge in [-0.05, 0) is 83.9 Å². The summed E-state index contributed by atoms with van der Waals surface area (Å²) < 4.78 is 48.5. The molecule has 0 aliphatic rings. The highest BCUT2D eigenvalue weighted by molar-refractivity contribution is 6.28. The quantitative estimate of drug-likeness (QED) is 0.209. The van der Waals surface area contributed by atoms with Crippen molar-refractivity contribution < 1.29 is 11.3 Å². The van der Waals surface area contributed by atoms with E-state index in [9.17, 15) is 0 Å². The number of benzene rings is 8. The maximum atomic E-state index is 8.69. The minimum Gasteiger partial charge on any atom is -0.456 e. The molecule has 1 heteroatoms. The molecule has 0 spiro atoms. The molecule has 0 fully saturated rings. The topological polar surface area (TPSA) is 13.1 Å². The first-order chi connectivity index (χ1) is 22.4. The summed E-state index contributed by atoms with van der Waals surface area (Å²) >= 11 is 0. The van der Waals surface area contributed by atoms with Crippen molar-refractivity contribution in [3.8, 4) is 33.4 Å². The van der Waals surface area contributed by atoms with Crippen LogP contribution in [0.15, 0.2) is 150 Å². The van der Waals surface area contributed by atoms with Crippen LogP contribution < -0.4 is 0 Å². The third kappa shape index (κ3) is 3.30. The fourth-order valence-corrected chi connectivity index (χ4v) is 6.50.